The van der Waals surface area contributed by atoms with Crippen molar-refractivity contribution in [2.24, 2.45) is 0 Å². The molecule has 30 heavy (non-hydrogen) atoms. The third kappa shape index (κ3) is 3.16. The molecule has 1 amide bonds. The molecule has 5 aromatic rings. The van der Waals surface area contributed by atoms with Crippen molar-refractivity contribution in [1.82, 2.24) is 24.4 Å². The summed E-state index contributed by atoms with van der Waals surface area (Å²) in [5.41, 5.74) is 3.47. The monoisotopic (exact) mass is 414 g/mol. The van der Waals surface area contributed by atoms with E-state index in [4.69, 9.17) is 0 Å². The highest BCUT2D eigenvalue weighted by molar-refractivity contribution is 7.13. The second kappa shape index (κ2) is 7.37. The number of carbonyl (C=O) groups excluding carboxylic acids is 1. The molecule has 1 N–H and O–H groups in total. The van der Waals surface area contributed by atoms with Crippen molar-refractivity contribution in [2.45, 2.75) is 0 Å². The zero-order valence-corrected chi connectivity index (χ0v) is 16.3. The van der Waals surface area contributed by atoms with Crippen LogP contribution in [0, 0.1) is 0 Å². The van der Waals surface area contributed by atoms with Gasteiger partial charge in [-0.3, -0.25) is 15.0 Å². The lowest BCUT2D eigenvalue weighted by Gasteiger charge is -2.06. The van der Waals surface area contributed by atoms with Gasteiger partial charge in [0.2, 0.25) is 5.82 Å². The Bertz CT molecular complexity index is 1410. The minimum absolute atomic E-state index is 0.0534. The van der Waals surface area contributed by atoms with Crippen LogP contribution in [0.3, 0.4) is 0 Å². The Kier molecular flexibility index (Phi) is 4.41. The fourth-order valence-corrected chi connectivity index (χ4v) is 3.73. The van der Waals surface area contributed by atoms with Crippen molar-refractivity contribution in [3.8, 4) is 16.4 Å². The molecule has 3 aromatic heterocycles. The highest BCUT2D eigenvalue weighted by Gasteiger charge is 2.20. The maximum atomic E-state index is 12.8. The number of nitrogens with zero attached hydrogens (tertiary/aromatic N) is 5. The fraction of sp³-hybridized carbons (Fsp3) is 0. The van der Waals surface area contributed by atoms with E-state index in [1.807, 2.05) is 47.8 Å². The van der Waals surface area contributed by atoms with Crippen molar-refractivity contribution < 1.29 is 4.79 Å². The quantitative estimate of drug-likeness (QED) is 0.488. The Morgan fingerprint density at radius 2 is 1.77 bits per heavy atom. The van der Waals surface area contributed by atoms with E-state index in [9.17, 15) is 9.59 Å². The molecule has 0 unspecified atom stereocenters. The minimum Gasteiger partial charge on any atom is -0.267 e. The number of aromatic nitrogens is 5. The second-order valence-electron chi connectivity index (χ2n) is 6.36. The average Bonchev–Trinajstić information content (AvgIpc) is 3.46. The Hall–Kier alpha value is -4.11. The molecule has 146 valence electrons. The number of nitrogens with one attached hydrogen (secondary N) is 1. The third-order valence-electron chi connectivity index (χ3n) is 4.44. The molecule has 0 aliphatic carbocycles. The molecule has 0 bridgehead atoms. The molecule has 0 atom stereocenters. The van der Waals surface area contributed by atoms with Gasteiger partial charge in [0.15, 0.2) is 5.82 Å². The minimum atomic E-state index is -0.610. The molecule has 3 heterocycles. The lowest BCUT2D eigenvalue weighted by Crippen LogP contribution is -2.33. The Labute approximate surface area is 174 Å². The van der Waals surface area contributed by atoms with Gasteiger partial charge in [0.25, 0.3) is 5.56 Å². The van der Waals surface area contributed by atoms with Crippen LogP contribution in [-0.4, -0.2) is 30.3 Å². The number of hydrogen-bond acceptors (Lipinski definition) is 6. The van der Waals surface area contributed by atoms with Gasteiger partial charge in [-0.15, -0.1) is 16.4 Å². The maximum Gasteiger partial charge on any atom is 0.309 e. The van der Waals surface area contributed by atoms with E-state index in [-0.39, 0.29) is 11.4 Å². The van der Waals surface area contributed by atoms with Gasteiger partial charge in [-0.1, -0.05) is 36.4 Å². The van der Waals surface area contributed by atoms with E-state index < -0.39 is 5.91 Å². The Balaban J connectivity index is 1.54. The van der Waals surface area contributed by atoms with Crippen LogP contribution in [0.15, 0.2) is 83.2 Å². The van der Waals surface area contributed by atoms with Crippen molar-refractivity contribution in [1.29, 1.82) is 0 Å². The van der Waals surface area contributed by atoms with E-state index in [0.29, 0.717) is 16.7 Å². The van der Waals surface area contributed by atoms with E-state index in [1.165, 1.54) is 17.7 Å². The fourth-order valence-electron chi connectivity index (χ4n) is 3.03. The molecule has 0 spiro atoms. The standard InChI is InChI=1S/C21H14N6O2S/c28-20(25-26-13-22-16-10-5-4-9-15(16)21(26)29)18-23-19(17-11-6-12-30-17)27(24-18)14-7-2-1-3-8-14/h1-13H,(H,25,28). The van der Waals surface area contributed by atoms with Gasteiger partial charge in [-0.2, -0.15) is 0 Å². The van der Waals surface area contributed by atoms with Crippen molar-refractivity contribution in [3.05, 3.63) is 94.6 Å². The van der Waals surface area contributed by atoms with Gasteiger partial charge in [0.05, 0.1) is 21.5 Å². The molecule has 2 aromatic carbocycles. The van der Waals surface area contributed by atoms with Crippen LogP contribution < -0.4 is 11.0 Å². The average molecular weight is 414 g/mol. The van der Waals surface area contributed by atoms with Crippen LogP contribution in [0.5, 0.6) is 0 Å². The molecular formula is C21H14N6O2S. The van der Waals surface area contributed by atoms with Gasteiger partial charge in [-0.05, 0) is 35.7 Å². The number of fused-ring (bicyclic) bond motifs is 1. The molecular weight excluding hydrogens is 400 g/mol. The summed E-state index contributed by atoms with van der Waals surface area (Å²) >= 11 is 1.50. The largest absolute Gasteiger partial charge is 0.309 e. The number of rotatable bonds is 4. The number of para-hydroxylation sites is 2. The van der Waals surface area contributed by atoms with Gasteiger partial charge >= 0.3 is 5.91 Å². The highest BCUT2D eigenvalue weighted by Crippen LogP contribution is 2.25. The first-order chi connectivity index (χ1) is 14.7. The molecule has 0 radical (unpaired) electrons. The Morgan fingerprint density at radius 3 is 2.57 bits per heavy atom. The van der Waals surface area contributed by atoms with Crippen LogP contribution >= 0.6 is 11.3 Å². The number of thiophene rings is 1. The molecule has 9 heteroatoms. The first-order valence-electron chi connectivity index (χ1n) is 9.05. The summed E-state index contributed by atoms with van der Waals surface area (Å²) in [7, 11) is 0. The second-order valence-corrected chi connectivity index (χ2v) is 7.31. The molecule has 0 fully saturated rings. The summed E-state index contributed by atoms with van der Waals surface area (Å²) in [6.45, 7) is 0. The van der Waals surface area contributed by atoms with Crippen LogP contribution in [0.2, 0.25) is 0 Å². The number of amides is 1. The number of hydrogen-bond donors (Lipinski definition) is 1. The van der Waals surface area contributed by atoms with Crippen molar-refractivity contribution in [2.75, 3.05) is 5.43 Å². The van der Waals surface area contributed by atoms with E-state index in [0.717, 1.165) is 15.2 Å². The van der Waals surface area contributed by atoms with Gasteiger partial charge < -0.3 is 0 Å². The summed E-state index contributed by atoms with van der Waals surface area (Å²) in [5, 5.41) is 6.72. The SMILES string of the molecule is O=C(Nn1cnc2ccccc2c1=O)c1nc(-c2cccs2)n(-c2ccccc2)n1. The van der Waals surface area contributed by atoms with E-state index in [2.05, 4.69) is 20.5 Å². The van der Waals surface area contributed by atoms with Crippen LogP contribution in [0.4, 0.5) is 0 Å². The van der Waals surface area contributed by atoms with Gasteiger partial charge in [0, 0.05) is 0 Å². The number of benzene rings is 2. The first kappa shape index (κ1) is 18.0. The topological polar surface area (TPSA) is 94.7 Å². The van der Waals surface area contributed by atoms with Crippen LogP contribution in [0.25, 0.3) is 27.3 Å². The summed E-state index contributed by atoms with van der Waals surface area (Å²) < 4.78 is 2.65. The van der Waals surface area contributed by atoms with Crippen LogP contribution in [0.1, 0.15) is 10.6 Å². The van der Waals surface area contributed by atoms with Gasteiger partial charge in [0.1, 0.15) is 6.33 Å². The molecule has 0 aliphatic rings. The van der Waals surface area contributed by atoms with Crippen molar-refractivity contribution >= 4 is 28.1 Å². The summed E-state index contributed by atoms with van der Waals surface area (Å²) in [6, 6.07) is 20.2. The smallest absolute Gasteiger partial charge is 0.267 e. The normalized spacial score (nSPS) is 10.9. The van der Waals surface area contributed by atoms with E-state index in [1.54, 1.807) is 28.9 Å². The molecule has 5 rings (SSSR count). The van der Waals surface area contributed by atoms with E-state index >= 15 is 0 Å². The Morgan fingerprint density at radius 1 is 0.967 bits per heavy atom. The lowest BCUT2D eigenvalue weighted by atomic mass is 10.2. The summed E-state index contributed by atoms with van der Waals surface area (Å²) in [5.74, 6) is -0.116. The molecule has 0 aliphatic heterocycles. The maximum absolute atomic E-state index is 12.8. The summed E-state index contributed by atoms with van der Waals surface area (Å²) in [6.07, 6.45) is 1.27. The lowest BCUT2D eigenvalue weighted by molar-refractivity contribution is 0.0997. The number of carbonyl (C=O) groups is 1. The molecule has 8 nitrogen and oxygen atoms in total. The van der Waals surface area contributed by atoms with Crippen LogP contribution in [-0.2, 0) is 0 Å². The molecule has 0 saturated carbocycles. The van der Waals surface area contributed by atoms with Gasteiger partial charge in [-0.25, -0.2) is 19.3 Å². The predicted octanol–water partition coefficient (Wildman–Crippen LogP) is 3.09. The third-order valence-corrected chi connectivity index (χ3v) is 5.31. The first-order valence-corrected chi connectivity index (χ1v) is 9.93. The predicted molar refractivity (Wildman–Crippen MR) is 114 cm³/mol. The highest BCUT2D eigenvalue weighted by atomic mass is 32.1. The zero-order chi connectivity index (χ0) is 20.5. The summed E-state index contributed by atoms with van der Waals surface area (Å²) in [4.78, 5) is 35.0. The van der Waals surface area contributed by atoms with Crippen molar-refractivity contribution in [3.63, 3.8) is 0 Å². The molecule has 0 saturated heterocycles. The zero-order valence-electron chi connectivity index (χ0n) is 15.5.